The Balaban J connectivity index is 2.49. The number of nitro groups is 1. The molecule has 0 amide bonds. The summed E-state index contributed by atoms with van der Waals surface area (Å²) in [6.45, 7) is 1.36. The van der Waals surface area contributed by atoms with Crippen molar-refractivity contribution in [2.24, 2.45) is 0 Å². The van der Waals surface area contributed by atoms with Gasteiger partial charge in [0.25, 0.3) is 5.69 Å². The zero-order valence-electron chi connectivity index (χ0n) is 12.8. The van der Waals surface area contributed by atoms with Crippen molar-refractivity contribution in [3.8, 4) is 0 Å². The van der Waals surface area contributed by atoms with E-state index in [9.17, 15) is 31.7 Å². The Morgan fingerprint density at radius 1 is 1.12 bits per heavy atom. The van der Waals surface area contributed by atoms with Gasteiger partial charge in [-0.2, -0.15) is 17.5 Å². The van der Waals surface area contributed by atoms with Gasteiger partial charge in [-0.25, -0.2) is 8.42 Å². The monoisotopic (exact) mass is 367 g/mol. The van der Waals surface area contributed by atoms with Crippen molar-refractivity contribution in [2.45, 2.75) is 17.5 Å². The van der Waals surface area contributed by atoms with Crippen LogP contribution >= 0.6 is 0 Å². The number of rotatable bonds is 3. The van der Waals surface area contributed by atoms with Gasteiger partial charge in [-0.15, -0.1) is 0 Å². The first kappa shape index (κ1) is 18.6. The number of benzene rings is 1. The highest BCUT2D eigenvalue weighted by Gasteiger charge is 2.36. The fourth-order valence-corrected chi connectivity index (χ4v) is 3.95. The van der Waals surface area contributed by atoms with Gasteiger partial charge in [0.15, 0.2) is 0 Å². The third-order valence-electron chi connectivity index (χ3n) is 3.75. The highest BCUT2D eigenvalue weighted by Crippen LogP contribution is 2.34. The van der Waals surface area contributed by atoms with E-state index in [4.69, 9.17) is 0 Å². The molecular weight excluding hydrogens is 351 g/mol. The summed E-state index contributed by atoms with van der Waals surface area (Å²) < 4.78 is 65.1. The average molecular weight is 367 g/mol. The Labute approximate surface area is 136 Å². The molecular formula is C13H16F3N3O4S. The Bertz CT molecular complexity index is 736. The van der Waals surface area contributed by atoms with Gasteiger partial charge in [-0.1, -0.05) is 0 Å². The zero-order chi connectivity index (χ0) is 18.1. The quantitative estimate of drug-likeness (QED) is 0.602. The Kier molecular flexibility index (Phi) is 5.16. The fourth-order valence-electron chi connectivity index (χ4n) is 2.41. The molecule has 24 heavy (non-hydrogen) atoms. The molecule has 2 rings (SSSR count). The second-order valence-corrected chi connectivity index (χ2v) is 7.47. The van der Waals surface area contributed by atoms with Crippen LogP contribution in [0, 0.1) is 10.1 Å². The van der Waals surface area contributed by atoms with Gasteiger partial charge in [0.05, 0.1) is 15.4 Å². The second-order valence-electron chi connectivity index (χ2n) is 5.53. The molecule has 0 N–H and O–H groups in total. The maximum atomic E-state index is 12.9. The number of hydrogen-bond donors (Lipinski definition) is 0. The summed E-state index contributed by atoms with van der Waals surface area (Å²) in [5.74, 6) is 0. The number of halogens is 3. The number of nitrogens with zero attached hydrogens (tertiary/aromatic N) is 3. The topological polar surface area (TPSA) is 83.8 Å². The minimum atomic E-state index is -4.88. The maximum Gasteiger partial charge on any atom is 0.416 e. The van der Waals surface area contributed by atoms with E-state index in [0.717, 1.165) is 4.31 Å². The van der Waals surface area contributed by atoms with Crippen LogP contribution in [0.1, 0.15) is 12.0 Å². The van der Waals surface area contributed by atoms with Crippen molar-refractivity contribution in [1.29, 1.82) is 0 Å². The lowest BCUT2D eigenvalue weighted by molar-refractivity contribution is -0.385. The van der Waals surface area contributed by atoms with Gasteiger partial charge < -0.3 is 4.90 Å². The highest BCUT2D eigenvalue weighted by molar-refractivity contribution is 7.89. The Morgan fingerprint density at radius 3 is 2.38 bits per heavy atom. The minimum Gasteiger partial charge on any atom is -0.305 e. The Morgan fingerprint density at radius 2 is 1.79 bits per heavy atom. The summed E-state index contributed by atoms with van der Waals surface area (Å²) in [6.07, 6.45) is -4.36. The van der Waals surface area contributed by atoms with Crippen LogP contribution < -0.4 is 0 Å². The lowest BCUT2D eigenvalue weighted by Gasteiger charge is -2.20. The van der Waals surface area contributed by atoms with Gasteiger partial charge in [0, 0.05) is 31.8 Å². The first-order valence-electron chi connectivity index (χ1n) is 7.07. The largest absolute Gasteiger partial charge is 0.416 e. The van der Waals surface area contributed by atoms with Crippen molar-refractivity contribution in [3.05, 3.63) is 33.9 Å². The SMILES string of the molecule is CN1CCCN(S(=O)(=O)c2cc([N+](=O)[O-])cc(C(F)(F)F)c2)CC1. The van der Waals surface area contributed by atoms with Gasteiger partial charge in [-0.3, -0.25) is 10.1 Å². The number of hydrogen-bond acceptors (Lipinski definition) is 5. The van der Waals surface area contributed by atoms with E-state index in [2.05, 4.69) is 0 Å². The van der Waals surface area contributed by atoms with Crippen LogP contribution in [0.5, 0.6) is 0 Å². The van der Waals surface area contributed by atoms with Crippen molar-refractivity contribution >= 4 is 15.7 Å². The lowest BCUT2D eigenvalue weighted by atomic mass is 10.2. The van der Waals surface area contributed by atoms with Crippen LogP contribution in [0.25, 0.3) is 0 Å². The van der Waals surface area contributed by atoms with E-state index in [-0.39, 0.29) is 13.1 Å². The molecule has 134 valence electrons. The van der Waals surface area contributed by atoms with Crippen molar-refractivity contribution in [3.63, 3.8) is 0 Å². The molecule has 0 atom stereocenters. The van der Waals surface area contributed by atoms with Gasteiger partial charge in [-0.05, 0) is 26.1 Å². The molecule has 0 saturated carbocycles. The van der Waals surface area contributed by atoms with Crippen molar-refractivity contribution in [1.82, 2.24) is 9.21 Å². The molecule has 1 aliphatic rings. The summed E-state index contributed by atoms with van der Waals surface area (Å²) in [4.78, 5) is 11.0. The first-order chi connectivity index (χ1) is 11.0. The van der Waals surface area contributed by atoms with Crippen molar-refractivity contribution < 1.29 is 26.5 Å². The molecule has 1 heterocycles. The normalized spacial score (nSPS) is 18.3. The van der Waals surface area contributed by atoms with E-state index in [0.29, 0.717) is 37.7 Å². The molecule has 1 fully saturated rings. The first-order valence-corrected chi connectivity index (χ1v) is 8.51. The molecule has 1 aromatic rings. The van der Waals surface area contributed by atoms with E-state index >= 15 is 0 Å². The molecule has 0 radical (unpaired) electrons. The maximum absolute atomic E-state index is 12.9. The summed E-state index contributed by atoms with van der Waals surface area (Å²) in [6, 6.07) is 1.44. The second kappa shape index (κ2) is 6.65. The summed E-state index contributed by atoms with van der Waals surface area (Å²) >= 11 is 0. The van der Waals surface area contributed by atoms with Crippen LogP contribution in [-0.2, 0) is 16.2 Å². The fraction of sp³-hybridized carbons (Fsp3) is 0.538. The molecule has 0 bridgehead atoms. The molecule has 1 aliphatic heterocycles. The zero-order valence-corrected chi connectivity index (χ0v) is 13.6. The van der Waals surface area contributed by atoms with Crippen molar-refractivity contribution in [2.75, 3.05) is 33.2 Å². The molecule has 0 unspecified atom stereocenters. The van der Waals surface area contributed by atoms with Gasteiger partial charge in [0.1, 0.15) is 0 Å². The standard InChI is InChI=1S/C13H16F3N3O4S/c1-17-3-2-4-18(6-5-17)24(22,23)12-8-10(13(14,15)16)7-11(9-12)19(20)21/h7-9H,2-6H2,1H3. The number of sulfonamides is 1. The van der Waals surface area contributed by atoms with Crippen LogP contribution in [0.2, 0.25) is 0 Å². The number of nitro benzene ring substituents is 1. The predicted octanol–water partition coefficient (Wildman–Crippen LogP) is 1.94. The molecule has 1 aromatic carbocycles. The summed E-state index contributed by atoms with van der Waals surface area (Å²) in [5.41, 5.74) is -2.27. The van der Waals surface area contributed by atoms with Crippen LogP contribution in [0.15, 0.2) is 23.1 Å². The van der Waals surface area contributed by atoms with Crippen LogP contribution in [-0.4, -0.2) is 55.8 Å². The van der Waals surface area contributed by atoms with E-state index in [1.165, 1.54) is 0 Å². The minimum absolute atomic E-state index is 0.114. The predicted molar refractivity (Wildman–Crippen MR) is 79.0 cm³/mol. The number of non-ortho nitro benzene ring substituents is 1. The van der Waals surface area contributed by atoms with Crippen LogP contribution in [0.3, 0.4) is 0 Å². The van der Waals surface area contributed by atoms with Crippen LogP contribution in [0.4, 0.5) is 18.9 Å². The van der Waals surface area contributed by atoms with E-state index in [1.807, 2.05) is 11.9 Å². The lowest BCUT2D eigenvalue weighted by Crippen LogP contribution is -2.34. The average Bonchev–Trinajstić information content (AvgIpc) is 2.71. The summed E-state index contributed by atoms with van der Waals surface area (Å²) in [7, 11) is -2.43. The molecule has 11 heteroatoms. The molecule has 0 spiro atoms. The molecule has 0 aliphatic carbocycles. The highest BCUT2D eigenvalue weighted by atomic mass is 32.2. The van der Waals surface area contributed by atoms with Gasteiger partial charge in [0.2, 0.25) is 10.0 Å². The number of likely N-dealkylation sites (N-methyl/N-ethyl adjacent to an activating group) is 1. The van der Waals surface area contributed by atoms with Gasteiger partial charge >= 0.3 is 6.18 Å². The third kappa shape index (κ3) is 4.02. The third-order valence-corrected chi connectivity index (χ3v) is 5.62. The molecule has 7 nitrogen and oxygen atoms in total. The molecule has 1 saturated heterocycles. The van der Waals surface area contributed by atoms with E-state index in [1.54, 1.807) is 0 Å². The smallest absolute Gasteiger partial charge is 0.305 e. The molecule has 0 aromatic heterocycles. The number of alkyl halides is 3. The Hall–Kier alpha value is -1.72. The summed E-state index contributed by atoms with van der Waals surface area (Å²) in [5, 5.41) is 10.9. The van der Waals surface area contributed by atoms with E-state index < -0.39 is 37.3 Å².